The first kappa shape index (κ1) is 12.9. The Kier molecular flexibility index (Phi) is 5.02. The number of nitrogens with one attached hydrogen (secondary N) is 2. The highest BCUT2D eigenvalue weighted by Crippen LogP contribution is 2.27. The number of sulfonamides is 1. The summed E-state index contributed by atoms with van der Waals surface area (Å²) in [6.07, 6.45) is 3.03. The van der Waals surface area contributed by atoms with E-state index in [0.717, 1.165) is 6.54 Å². The van der Waals surface area contributed by atoms with Crippen molar-refractivity contribution in [1.82, 2.24) is 10.0 Å². The third-order valence-corrected chi connectivity index (χ3v) is 3.86. The molecular formula is C10H22N2O2S. The van der Waals surface area contributed by atoms with Gasteiger partial charge in [-0.25, -0.2) is 13.1 Å². The van der Waals surface area contributed by atoms with Crippen molar-refractivity contribution in [3.63, 3.8) is 0 Å². The molecule has 1 aliphatic carbocycles. The highest BCUT2D eigenvalue weighted by Gasteiger charge is 2.23. The van der Waals surface area contributed by atoms with Gasteiger partial charge in [-0.15, -0.1) is 0 Å². The standard InChI is InChI=1S/C10H22N2O2S/c1-9(2)11-6-3-7-15(13,14)12-8-10-4-5-10/h9-12H,3-8H2,1-2H3. The van der Waals surface area contributed by atoms with E-state index in [0.29, 0.717) is 24.9 Å². The lowest BCUT2D eigenvalue weighted by Crippen LogP contribution is -2.31. The maximum absolute atomic E-state index is 11.5. The van der Waals surface area contributed by atoms with Crippen LogP contribution in [0.1, 0.15) is 33.1 Å². The second kappa shape index (κ2) is 5.82. The van der Waals surface area contributed by atoms with E-state index in [4.69, 9.17) is 0 Å². The third-order valence-electron chi connectivity index (χ3n) is 2.43. The zero-order valence-corrected chi connectivity index (χ0v) is 10.4. The molecule has 0 saturated heterocycles. The van der Waals surface area contributed by atoms with E-state index >= 15 is 0 Å². The molecule has 0 aromatic heterocycles. The van der Waals surface area contributed by atoms with Crippen LogP contribution in [0, 0.1) is 5.92 Å². The van der Waals surface area contributed by atoms with Gasteiger partial charge in [-0.05, 0) is 31.7 Å². The number of rotatable bonds is 8. The molecule has 0 aliphatic heterocycles. The van der Waals surface area contributed by atoms with E-state index in [1.54, 1.807) is 0 Å². The van der Waals surface area contributed by atoms with Crippen LogP contribution < -0.4 is 10.0 Å². The molecule has 0 spiro atoms. The Balaban J connectivity index is 2.06. The molecule has 1 rings (SSSR count). The molecule has 0 aromatic rings. The fourth-order valence-electron chi connectivity index (χ4n) is 1.29. The lowest BCUT2D eigenvalue weighted by molar-refractivity contribution is 0.558. The van der Waals surface area contributed by atoms with Crippen molar-refractivity contribution in [2.75, 3.05) is 18.8 Å². The first-order chi connectivity index (χ1) is 6.99. The zero-order chi connectivity index (χ0) is 11.3. The van der Waals surface area contributed by atoms with Crippen molar-refractivity contribution in [1.29, 1.82) is 0 Å². The Hall–Kier alpha value is -0.130. The molecule has 1 aliphatic rings. The summed E-state index contributed by atoms with van der Waals surface area (Å²) in [5, 5.41) is 3.20. The average Bonchev–Trinajstić information content (AvgIpc) is 2.93. The van der Waals surface area contributed by atoms with Gasteiger partial charge in [0.1, 0.15) is 0 Å². The Labute approximate surface area is 92.9 Å². The third kappa shape index (κ3) is 6.87. The molecule has 4 nitrogen and oxygen atoms in total. The monoisotopic (exact) mass is 234 g/mol. The van der Waals surface area contributed by atoms with Gasteiger partial charge in [-0.2, -0.15) is 0 Å². The zero-order valence-electron chi connectivity index (χ0n) is 9.62. The van der Waals surface area contributed by atoms with Crippen LogP contribution in [-0.2, 0) is 10.0 Å². The van der Waals surface area contributed by atoms with Gasteiger partial charge in [-0.1, -0.05) is 13.8 Å². The summed E-state index contributed by atoms with van der Waals surface area (Å²) in [4.78, 5) is 0. The summed E-state index contributed by atoms with van der Waals surface area (Å²) in [7, 11) is -3.02. The van der Waals surface area contributed by atoms with E-state index in [2.05, 4.69) is 23.9 Å². The predicted molar refractivity (Wildman–Crippen MR) is 62.3 cm³/mol. The van der Waals surface area contributed by atoms with Crippen molar-refractivity contribution < 1.29 is 8.42 Å². The van der Waals surface area contributed by atoms with Gasteiger partial charge in [-0.3, -0.25) is 0 Å². The molecule has 0 unspecified atom stereocenters. The van der Waals surface area contributed by atoms with Crippen molar-refractivity contribution in [2.24, 2.45) is 5.92 Å². The highest BCUT2D eigenvalue weighted by atomic mass is 32.2. The van der Waals surface area contributed by atoms with Gasteiger partial charge in [0, 0.05) is 12.6 Å². The summed E-state index contributed by atoms with van der Waals surface area (Å²) < 4.78 is 25.6. The fraction of sp³-hybridized carbons (Fsp3) is 1.00. The van der Waals surface area contributed by atoms with Crippen LogP contribution in [0.4, 0.5) is 0 Å². The van der Waals surface area contributed by atoms with Crippen LogP contribution in [0.2, 0.25) is 0 Å². The summed E-state index contributed by atoms with van der Waals surface area (Å²) >= 11 is 0. The summed E-state index contributed by atoms with van der Waals surface area (Å²) in [6, 6.07) is 0.423. The average molecular weight is 234 g/mol. The van der Waals surface area contributed by atoms with Crippen LogP contribution in [0.3, 0.4) is 0 Å². The molecule has 5 heteroatoms. The number of hydrogen-bond donors (Lipinski definition) is 2. The van der Waals surface area contributed by atoms with Crippen LogP contribution in [0.25, 0.3) is 0 Å². The minimum atomic E-state index is -3.02. The molecule has 1 saturated carbocycles. The molecule has 0 radical (unpaired) electrons. The number of hydrogen-bond acceptors (Lipinski definition) is 3. The SMILES string of the molecule is CC(C)NCCCS(=O)(=O)NCC1CC1. The van der Waals surface area contributed by atoms with Crippen molar-refractivity contribution in [3.8, 4) is 0 Å². The van der Waals surface area contributed by atoms with E-state index in [9.17, 15) is 8.42 Å². The van der Waals surface area contributed by atoms with E-state index < -0.39 is 10.0 Å². The van der Waals surface area contributed by atoms with Crippen LogP contribution >= 0.6 is 0 Å². The molecule has 15 heavy (non-hydrogen) atoms. The van der Waals surface area contributed by atoms with E-state index in [-0.39, 0.29) is 5.75 Å². The van der Waals surface area contributed by atoms with Crippen molar-refractivity contribution in [2.45, 2.75) is 39.2 Å². The Morgan fingerprint density at radius 1 is 1.33 bits per heavy atom. The molecule has 0 amide bonds. The van der Waals surface area contributed by atoms with Gasteiger partial charge in [0.2, 0.25) is 10.0 Å². The first-order valence-corrected chi connectivity index (χ1v) is 7.35. The smallest absolute Gasteiger partial charge is 0.211 e. The highest BCUT2D eigenvalue weighted by molar-refractivity contribution is 7.89. The van der Waals surface area contributed by atoms with E-state index in [1.165, 1.54) is 12.8 Å². The minimum absolute atomic E-state index is 0.236. The second-order valence-corrected chi connectivity index (χ2v) is 6.50. The predicted octanol–water partition coefficient (Wildman–Crippen LogP) is 0.704. The maximum Gasteiger partial charge on any atom is 0.211 e. The molecular weight excluding hydrogens is 212 g/mol. The second-order valence-electron chi connectivity index (χ2n) is 4.57. The Bertz CT molecular complexity index is 271. The lowest BCUT2D eigenvalue weighted by Gasteiger charge is -2.08. The largest absolute Gasteiger partial charge is 0.314 e. The normalized spacial score (nSPS) is 17.3. The Morgan fingerprint density at radius 3 is 2.53 bits per heavy atom. The molecule has 90 valence electrons. The maximum atomic E-state index is 11.5. The van der Waals surface area contributed by atoms with Crippen molar-refractivity contribution >= 4 is 10.0 Å². The lowest BCUT2D eigenvalue weighted by atomic mass is 10.4. The van der Waals surface area contributed by atoms with E-state index in [1.807, 2.05) is 0 Å². The van der Waals surface area contributed by atoms with Gasteiger partial charge in [0.15, 0.2) is 0 Å². The summed E-state index contributed by atoms with van der Waals surface area (Å²) in [5.41, 5.74) is 0. The molecule has 0 heterocycles. The molecule has 1 fully saturated rings. The van der Waals surface area contributed by atoms with Crippen LogP contribution in [0.5, 0.6) is 0 Å². The Morgan fingerprint density at radius 2 is 2.00 bits per heavy atom. The minimum Gasteiger partial charge on any atom is -0.314 e. The topological polar surface area (TPSA) is 58.2 Å². The summed E-state index contributed by atoms with van der Waals surface area (Å²) in [5.74, 6) is 0.841. The molecule has 0 atom stereocenters. The quantitative estimate of drug-likeness (QED) is 0.608. The molecule has 2 N–H and O–H groups in total. The van der Waals surface area contributed by atoms with Crippen LogP contribution in [0.15, 0.2) is 0 Å². The first-order valence-electron chi connectivity index (χ1n) is 5.70. The van der Waals surface area contributed by atoms with Crippen molar-refractivity contribution in [3.05, 3.63) is 0 Å². The fourth-order valence-corrected chi connectivity index (χ4v) is 2.45. The van der Waals surface area contributed by atoms with Gasteiger partial charge in [0.25, 0.3) is 0 Å². The van der Waals surface area contributed by atoms with Gasteiger partial charge in [0.05, 0.1) is 5.75 Å². The summed E-state index contributed by atoms with van der Waals surface area (Å²) in [6.45, 7) is 5.52. The van der Waals surface area contributed by atoms with Gasteiger partial charge < -0.3 is 5.32 Å². The molecule has 0 aromatic carbocycles. The molecule has 0 bridgehead atoms. The van der Waals surface area contributed by atoms with Crippen LogP contribution in [-0.4, -0.2) is 33.3 Å². The van der Waals surface area contributed by atoms with Gasteiger partial charge >= 0.3 is 0 Å².